The second kappa shape index (κ2) is 46.6. The van der Waals surface area contributed by atoms with E-state index in [9.17, 15) is 19.8 Å². The average Bonchev–Trinajstić information content (AvgIpc) is 3.07. The monoisotopic (exact) mass is 718 g/mol. The molecule has 0 spiro atoms. The molecule has 0 saturated heterocycles. The van der Waals surface area contributed by atoms with E-state index in [1.807, 2.05) is 72.9 Å². The van der Waals surface area contributed by atoms with E-state index in [4.69, 9.17) is 0 Å². The summed E-state index contributed by atoms with van der Waals surface area (Å²) in [6, 6.07) is 0. The van der Waals surface area contributed by atoms with Crippen molar-refractivity contribution in [3.8, 4) is 0 Å². The van der Waals surface area contributed by atoms with Crippen molar-refractivity contribution >= 4 is 11.9 Å². The maximum absolute atomic E-state index is 10.1. The third-order valence-electron chi connectivity index (χ3n) is 6.69. The van der Waals surface area contributed by atoms with Gasteiger partial charge in [0.25, 0.3) is 0 Å². The zero-order valence-corrected chi connectivity index (χ0v) is 33.5. The first kappa shape index (κ1) is 49.8. The van der Waals surface area contributed by atoms with Gasteiger partial charge in [0, 0.05) is 0 Å². The van der Waals surface area contributed by atoms with E-state index in [-0.39, 0.29) is 19.5 Å². The van der Waals surface area contributed by atoms with Crippen molar-refractivity contribution in [2.24, 2.45) is 0 Å². The summed E-state index contributed by atoms with van der Waals surface area (Å²) in [6.45, 7) is 4.50. The van der Waals surface area contributed by atoms with Gasteiger partial charge in [0.1, 0.15) is 0 Å². The van der Waals surface area contributed by atoms with Gasteiger partial charge in [0.05, 0.1) is 11.9 Å². The molecular formula is C44H62O4Zn. The fourth-order valence-corrected chi connectivity index (χ4v) is 4.08. The topological polar surface area (TPSA) is 80.3 Å². The number of unbranched alkanes of at least 4 members (excludes halogenated alkanes) is 14. The molecule has 0 rings (SSSR count). The second-order valence-electron chi connectivity index (χ2n) is 11.1. The van der Waals surface area contributed by atoms with Gasteiger partial charge in [0.15, 0.2) is 0 Å². The summed E-state index contributed by atoms with van der Waals surface area (Å²) in [5.74, 6) is -2.37. The van der Waals surface area contributed by atoms with Crippen molar-refractivity contribution in [2.75, 3.05) is 0 Å². The van der Waals surface area contributed by atoms with Gasteiger partial charge in [-0.3, -0.25) is 0 Å². The first-order valence-electron chi connectivity index (χ1n) is 18.0. The van der Waals surface area contributed by atoms with Crippen LogP contribution in [-0.4, -0.2) is 11.9 Å². The Morgan fingerprint density at radius 1 is 0.347 bits per heavy atom. The van der Waals surface area contributed by atoms with Gasteiger partial charge in [-0.1, -0.05) is 225 Å². The van der Waals surface area contributed by atoms with Crippen LogP contribution in [0, 0.1) is 0 Å². The summed E-state index contributed by atoms with van der Waals surface area (Å²) in [4.78, 5) is 20.2. The van der Waals surface area contributed by atoms with E-state index >= 15 is 0 Å². The smallest absolute Gasteiger partial charge is 0.545 e. The zero-order valence-electron chi connectivity index (χ0n) is 30.5. The Bertz CT molecular complexity index is 1020. The molecule has 0 N–H and O–H groups in total. The van der Waals surface area contributed by atoms with Crippen molar-refractivity contribution in [3.63, 3.8) is 0 Å². The molecule has 0 fully saturated rings. The molecular weight excluding hydrogens is 658 g/mol. The van der Waals surface area contributed by atoms with Crippen LogP contribution in [0.25, 0.3) is 0 Å². The van der Waals surface area contributed by atoms with E-state index < -0.39 is 11.9 Å². The summed E-state index contributed by atoms with van der Waals surface area (Å²) in [6.07, 6.45) is 64.8. The third kappa shape index (κ3) is 54.2. The quantitative estimate of drug-likeness (QED) is 0.0349. The first-order chi connectivity index (χ1) is 23.5. The largest absolute Gasteiger partial charge is 2.00 e. The summed E-state index contributed by atoms with van der Waals surface area (Å²) < 4.78 is 0. The molecule has 0 unspecified atom stereocenters. The number of carboxylic acids is 2. The summed E-state index contributed by atoms with van der Waals surface area (Å²) >= 11 is 0. The molecule has 0 aliphatic heterocycles. The van der Waals surface area contributed by atoms with Crippen LogP contribution in [0.3, 0.4) is 0 Å². The number of hydrogen-bond acceptors (Lipinski definition) is 4. The summed E-state index contributed by atoms with van der Waals surface area (Å²) in [5, 5.41) is 20.2. The molecule has 0 atom stereocenters. The molecule has 0 aromatic carbocycles. The van der Waals surface area contributed by atoms with Crippen LogP contribution in [0.1, 0.15) is 117 Å². The average molecular weight is 720 g/mol. The van der Waals surface area contributed by atoms with E-state index in [0.717, 1.165) is 25.0 Å². The van der Waals surface area contributed by atoms with Gasteiger partial charge in [-0.05, 0) is 37.8 Å². The maximum atomic E-state index is 10.1. The Hall–Kier alpha value is -3.56. The fourth-order valence-electron chi connectivity index (χ4n) is 4.08. The minimum atomic E-state index is -1.19. The van der Waals surface area contributed by atoms with E-state index in [1.54, 1.807) is 24.3 Å². The van der Waals surface area contributed by atoms with Crippen LogP contribution < -0.4 is 10.2 Å². The number of allylic oxidation sites excluding steroid dienone is 22. The Morgan fingerprint density at radius 2 is 0.571 bits per heavy atom. The molecule has 0 heterocycles. The molecule has 5 heteroatoms. The number of carboxylic acid groups (broad SMARTS) is 2. The summed E-state index contributed by atoms with van der Waals surface area (Å²) in [5.41, 5.74) is 0. The van der Waals surface area contributed by atoms with E-state index in [0.29, 0.717) is 0 Å². The van der Waals surface area contributed by atoms with Gasteiger partial charge < -0.3 is 19.8 Å². The molecule has 0 radical (unpaired) electrons. The predicted octanol–water partition coefficient (Wildman–Crippen LogP) is 10.4. The van der Waals surface area contributed by atoms with Gasteiger partial charge in [-0.15, -0.1) is 0 Å². The SMILES string of the molecule is CCCCCCCCCC=CC=CC=CC=CC=CC=CC(=O)[O-].CCCCCCCCCC=CC=CC=CC=CC=CC=CC(=O)[O-].[Zn+2]. The van der Waals surface area contributed by atoms with Crippen molar-refractivity contribution in [3.05, 3.63) is 146 Å². The molecule has 4 nitrogen and oxygen atoms in total. The van der Waals surface area contributed by atoms with Crippen LogP contribution in [0.5, 0.6) is 0 Å². The molecule has 0 aromatic heterocycles. The van der Waals surface area contributed by atoms with E-state index in [1.165, 1.54) is 102 Å². The van der Waals surface area contributed by atoms with Gasteiger partial charge in [-0.2, -0.15) is 0 Å². The molecule has 0 aliphatic rings. The predicted molar refractivity (Wildman–Crippen MR) is 205 cm³/mol. The van der Waals surface area contributed by atoms with Gasteiger partial charge in [-0.25, -0.2) is 0 Å². The van der Waals surface area contributed by atoms with Crippen molar-refractivity contribution < 1.29 is 39.3 Å². The van der Waals surface area contributed by atoms with Crippen LogP contribution >= 0.6 is 0 Å². The number of rotatable bonds is 28. The van der Waals surface area contributed by atoms with Crippen LogP contribution in [-0.2, 0) is 29.1 Å². The Balaban J connectivity index is -0.000000846. The fraction of sp³-hybridized carbons (Fsp3) is 0.409. The third-order valence-corrected chi connectivity index (χ3v) is 6.69. The number of carbonyl (C=O) groups is 2. The molecule has 0 bridgehead atoms. The van der Waals surface area contributed by atoms with Crippen LogP contribution in [0.15, 0.2) is 146 Å². The van der Waals surface area contributed by atoms with Gasteiger partial charge in [0.2, 0.25) is 0 Å². The normalized spacial score (nSPS) is 12.8. The molecule has 0 aliphatic carbocycles. The van der Waals surface area contributed by atoms with Crippen molar-refractivity contribution in [2.45, 2.75) is 117 Å². The molecule has 264 valence electrons. The maximum Gasteiger partial charge on any atom is 2.00 e. The van der Waals surface area contributed by atoms with Crippen LogP contribution in [0.2, 0.25) is 0 Å². The molecule has 0 amide bonds. The standard InChI is InChI=1S/2C22H32O2.Zn/c2*1-2-3-4-5-6-7-8-9-10-11-12-13-14-15-16-17-18-19-20-21-22(23)24;/h2*10-21H,2-9H2,1H3,(H,23,24);/q;;+2/p-2. The minimum Gasteiger partial charge on any atom is -0.545 e. The molecule has 49 heavy (non-hydrogen) atoms. The van der Waals surface area contributed by atoms with Gasteiger partial charge >= 0.3 is 19.5 Å². The minimum absolute atomic E-state index is 0. The Morgan fingerprint density at radius 3 is 0.837 bits per heavy atom. The van der Waals surface area contributed by atoms with Crippen LogP contribution in [0.4, 0.5) is 0 Å². The Kier molecular flexibility index (Phi) is 47.3. The van der Waals surface area contributed by atoms with E-state index in [2.05, 4.69) is 38.2 Å². The zero-order chi connectivity index (χ0) is 35.4. The number of hydrogen-bond donors (Lipinski definition) is 0. The van der Waals surface area contributed by atoms with Crippen molar-refractivity contribution in [1.82, 2.24) is 0 Å². The second-order valence-corrected chi connectivity index (χ2v) is 11.1. The number of carbonyl (C=O) groups excluding carboxylic acids is 2. The van der Waals surface area contributed by atoms with Crippen molar-refractivity contribution in [1.29, 1.82) is 0 Å². The first-order valence-corrected chi connectivity index (χ1v) is 18.0. The number of aliphatic carboxylic acids is 2. The molecule has 0 saturated carbocycles. The molecule has 0 aromatic rings. The Labute approximate surface area is 312 Å². The summed E-state index contributed by atoms with van der Waals surface area (Å²) in [7, 11) is 0.